The standard InChI is InChI=1S/C13H24F2N2/c1-11(2)8-17-6-4-12(5-7-17)9-16(3)10-13(12,14)15/h11H,4-10H2,1-3H3. The fraction of sp³-hybridized carbons (Fsp3) is 1.00. The molecule has 4 heteroatoms. The molecule has 0 aromatic carbocycles. The van der Waals surface area contributed by atoms with E-state index in [1.54, 1.807) is 4.90 Å². The van der Waals surface area contributed by atoms with Gasteiger partial charge < -0.3 is 4.90 Å². The van der Waals surface area contributed by atoms with Crippen LogP contribution in [0, 0.1) is 11.3 Å². The maximum atomic E-state index is 14.1. The van der Waals surface area contributed by atoms with Crippen molar-refractivity contribution in [3.63, 3.8) is 0 Å². The first-order chi connectivity index (χ1) is 7.85. The Bertz CT molecular complexity index is 271. The van der Waals surface area contributed by atoms with Crippen LogP contribution < -0.4 is 0 Å². The number of nitrogens with zero attached hydrogens (tertiary/aromatic N) is 2. The zero-order chi connectivity index (χ0) is 12.7. The third-order valence-electron chi connectivity index (χ3n) is 4.25. The van der Waals surface area contributed by atoms with Gasteiger partial charge >= 0.3 is 0 Å². The van der Waals surface area contributed by atoms with Crippen LogP contribution in [0.3, 0.4) is 0 Å². The molecule has 0 aliphatic carbocycles. The van der Waals surface area contributed by atoms with E-state index < -0.39 is 11.3 Å². The van der Waals surface area contributed by atoms with Crippen LogP contribution in [0.2, 0.25) is 0 Å². The van der Waals surface area contributed by atoms with Crippen molar-refractivity contribution in [2.45, 2.75) is 32.6 Å². The Morgan fingerprint density at radius 2 is 1.71 bits per heavy atom. The zero-order valence-corrected chi connectivity index (χ0v) is 11.2. The minimum Gasteiger partial charge on any atom is -0.303 e. The Labute approximate surface area is 103 Å². The molecule has 2 rings (SSSR count). The van der Waals surface area contributed by atoms with E-state index >= 15 is 0 Å². The summed E-state index contributed by atoms with van der Waals surface area (Å²) in [6, 6.07) is 0. The van der Waals surface area contributed by atoms with Crippen molar-refractivity contribution < 1.29 is 8.78 Å². The Morgan fingerprint density at radius 1 is 1.12 bits per heavy atom. The average molecular weight is 246 g/mol. The molecular formula is C13H24F2N2. The molecule has 2 aliphatic rings. The summed E-state index contributed by atoms with van der Waals surface area (Å²) in [4.78, 5) is 4.13. The second-order valence-electron chi connectivity index (χ2n) is 6.35. The third-order valence-corrected chi connectivity index (χ3v) is 4.25. The van der Waals surface area contributed by atoms with Crippen molar-refractivity contribution in [2.24, 2.45) is 11.3 Å². The zero-order valence-electron chi connectivity index (χ0n) is 11.2. The largest absolute Gasteiger partial charge is 0.303 e. The fourth-order valence-corrected chi connectivity index (χ4v) is 3.40. The Balaban J connectivity index is 1.98. The topological polar surface area (TPSA) is 6.48 Å². The van der Waals surface area contributed by atoms with Gasteiger partial charge in [-0.05, 0) is 38.9 Å². The van der Waals surface area contributed by atoms with Gasteiger partial charge in [-0.2, -0.15) is 0 Å². The van der Waals surface area contributed by atoms with Crippen molar-refractivity contribution in [1.29, 1.82) is 0 Å². The summed E-state index contributed by atoms with van der Waals surface area (Å²) < 4.78 is 28.1. The summed E-state index contributed by atoms with van der Waals surface area (Å²) in [5.74, 6) is -1.87. The molecule has 2 fully saturated rings. The van der Waals surface area contributed by atoms with E-state index in [4.69, 9.17) is 0 Å². The van der Waals surface area contributed by atoms with Crippen molar-refractivity contribution in [3.8, 4) is 0 Å². The highest BCUT2D eigenvalue weighted by molar-refractivity contribution is 5.04. The lowest BCUT2D eigenvalue weighted by Gasteiger charge is -2.42. The van der Waals surface area contributed by atoms with E-state index in [-0.39, 0.29) is 6.54 Å². The van der Waals surface area contributed by atoms with E-state index in [1.165, 1.54) is 0 Å². The molecule has 0 unspecified atom stereocenters. The lowest BCUT2D eigenvalue weighted by Crippen LogP contribution is -2.49. The summed E-state index contributed by atoms with van der Waals surface area (Å²) in [6.45, 7) is 7.58. The average Bonchev–Trinajstić information content (AvgIpc) is 2.40. The van der Waals surface area contributed by atoms with Crippen LogP contribution >= 0.6 is 0 Å². The van der Waals surface area contributed by atoms with Crippen molar-refractivity contribution in [1.82, 2.24) is 9.80 Å². The van der Waals surface area contributed by atoms with E-state index in [9.17, 15) is 8.78 Å². The van der Waals surface area contributed by atoms with Gasteiger partial charge in [0.05, 0.1) is 12.0 Å². The number of rotatable bonds is 2. The highest BCUT2D eigenvalue weighted by atomic mass is 19.3. The normalized spacial score (nSPS) is 29.3. The van der Waals surface area contributed by atoms with E-state index in [0.717, 1.165) is 19.6 Å². The number of piperidine rings is 1. The summed E-state index contributed by atoms with van der Waals surface area (Å²) >= 11 is 0. The Kier molecular flexibility index (Phi) is 3.47. The number of halogens is 2. The molecule has 1 spiro atoms. The third kappa shape index (κ3) is 2.48. The van der Waals surface area contributed by atoms with Crippen molar-refractivity contribution in [3.05, 3.63) is 0 Å². The van der Waals surface area contributed by atoms with Crippen LogP contribution in [-0.2, 0) is 0 Å². The highest BCUT2D eigenvalue weighted by Crippen LogP contribution is 2.50. The molecule has 17 heavy (non-hydrogen) atoms. The first-order valence-electron chi connectivity index (χ1n) is 6.63. The van der Waals surface area contributed by atoms with Gasteiger partial charge in [0.15, 0.2) is 0 Å². The second kappa shape index (κ2) is 4.47. The number of likely N-dealkylation sites (tertiary alicyclic amines) is 2. The van der Waals surface area contributed by atoms with Crippen LogP contribution in [0.5, 0.6) is 0 Å². The molecule has 100 valence electrons. The van der Waals surface area contributed by atoms with Crippen molar-refractivity contribution in [2.75, 3.05) is 39.8 Å². The molecular weight excluding hydrogens is 222 g/mol. The van der Waals surface area contributed by atoms with Crippen LogP contribution in [0.25, 0.3) is 0 Å². The first-order valence-corrected chi connectivity index (χ1v) is 6.63. The van der Waals surface area contributed by atoms with Crippen LogP contribution in [0.15, 0.2) is 0 Å². The molecule has 0 aromatic rings. The minimum atomic E-state index is -2.49. The highest BCUT2D eigenvalue weighted by Gasteiger charge is 2.59. The predicted octanol–water partition coefficient (Wildman–Crippen LogP) is 2.31. The smallest absolute Gasteiger partial charge is 0.267 e. The Morgan fingerprint density at radius 3 is 2.12 bits per heavy atom. The molecule has 2 aliphatic heterocycles. The van der Waals surface area contributed by atoms with E-state index in [2.05, 4.69) is 18.7 Å². The number of hydrogen-bond donors (Lipinski definition) is 0. The SMILES string of the molecule is CC(C)CN1CCC2(CC1)CN(C)CC2(F)F. The summed E-state index contributed by atoms with van der Waals surface area (Å²) in [6.07, 6.45) is 1.30. The van der Waals surface area contributed by atoms with Gasteiger partial charge in [0, 0.05) is 13.1 Å². The van der Waals surface area contributed by atoms with Crippen LogP contribution in [0.4, 0.5) is 8.78 Å². The monoisotopic (exact) mass is 246 g/mol. The Hall–Kier alpha value is -0.220. The molecule has 2 nitrogen and oxygen atoms in total. The van der Waals surface area contributed by atoms with Gasteiger partial charge in [-0.25, -0.2) is 8.78 Å². The predicted molar refractivity (Wildman–Crippen MR) is 65.4 cm³/mol. The first kappa shape index (κ1) is 13.2. The molecule has 0 saturated carbocycles. The van der Waals surface area contributed by atoms with Crippen molar-refractivity contribution >= 4 is 0 Å². The number of hydrogen-bond acceptors (Lipinski definition) is 2. The molecule has 2 saturated heterocycles. The molecule has 0 amide bonds. The van der Waals surface area contributed by atoms with Gasteiger partial charge in [-0.3, -0.25) is 4.90 Å². The molecule has 0 radical (unpaired) electrons. The minimum absolute atomic E-state index is 0.0584. The molecule has 0 N–H and O–H groups in total. The molecule has 2 heterocycles. The van der Waals surface area contributed by atoms with Crippen LogP contribution in [-0.4, -0.2) is 55.5 Å². The van der Waals surface area contributed by atoms with E-state index in [1.807, 2.05) is 7.05 Å². The van der Waals surface area contributed by atoms with Crippen LogP contribution in [0.1, 0.15) is 26.7 Å². The molecule has 0 atom stereocenters. The van der Waals surface area contributed by atoms with Gasteiger partial charge in [0.1, 0.15) is 0 Å². The lowest BCUT2D eigenvalue weighted by atomic mass is 9.75. The lowest BCUT2D eigenvalue weighted by molar-refractivity contribution is -0.110. The summed E-state index contributed by atoms with van der Waals surface area (Å²) in [5.41, 5.74) is -0.741. The molecule has 0 bridgehead atoms. The van der Waals surface area contributed by atoms with Gasteiger partial charge in [0.2, 0.25) is 0 Å². The summed E-state index contributed by atoms with van der Waals surface area (Å²) in [5, 5.41) is 0. The summed E-state index contributed by atoms with van der Waals surface area (Å²) in [7, 11) is 1.81. The van der Waals surface area contributed by atoms with E-state index in [0.29, 0.717) is 25.3 Å². The number of alkyl halides is 2. The maximum absolute atomic E-state index is 14.1. The fourth-order valence-electron chi connectivity index (χ4n) is 3.40. The maximum Gasteiger partial charge on any atom is 0.267 e. The molecule has 0 aromatic heterocycles. The second-order valence-corrected chi connectivity index (χ2v) is 6.35. The van der Waals surface area contributed by atoms with Gasteiger partial charge in [-0.15, -0.1) is 0 Å². The van der Waals surface area contributed by atoms with Gasteiger partial charge in [-0.1, -0.05) is 13.8 Å². The van der Waals surface area contributed by atoms with Gasteiger partial charge in [0.25, 0.3) is 5.92 Å². The quantitative estimate of drug-likeness (QED) is 0.737.